The number of aromatic nitrogens is 1. The second-order valence-electron chi connectivity index (χ2n) is 6.24. The average molecular weight is 393 g/mol. The number of hydrogen-bond acceptors (Lipinski definition) is 5. The van der Waals surface area contributed by atoms with Crippen molar-refractivity contribution < 1.29 is 8.42 Å². The largest absolute Gasteiger partial charge is 0.280 e. The molecule has 0 bridgehead atoms. The van der Waals surface area contributed by atoms with Crippen LogP contribution in [0.3, 0.4) is 0 Å². The Morgan fingerprint density at radius 2 is 1.96 bits per heavy atom. The van der Waals surface area contributed by atoms with Crippen LogP contribution in [-0.2, 0) is 10.0 Å². The summed E-state index contributed by atoms with van der Waals surface area (Å²) in [5.41, 5.74) is 2.18. The fraction of sp³-hybridized carbons (Fsp3) is 0.278. The Bertz CT molecular complexity index is 994. The molecule has 0 fully saturated rings. The van der Waals surface area contributed by atoms with Crippen LogP contribution in [0, 0.1) is 12.8 Å². The van der Waals surface area contributed by atoms with Gasteiger partial charge in [-0.2, -0.15) is 0 Å². The summed E-state index contributed by atoms with van der Waals surface area (Å²) >= 11 is 3.34. The molecule has 0 aliphatic rings. The fourth-order valence-electron chi connectivity index (χ4n) is 2.33. The van der Waals surface area contributed by atoms with Crippen LogP contribution in [0.15, 0.2) is 51.7 Å². The lowest BCUT2D eigenvalue weighted by atomic mass is 10.2. The van der Waals surface area contributed by atoms with Gasteiger partial charge in [-0.3, -0.25) is 4.72 Å². The second-order valence-corrected chi connectivity index (χ2v) is 10.2. The van der Waals surface area contributed by atoms with Crippen LogP contribution in [0.2, 0.25) is 0 Å². The highest BCUT2D eigenvalue weighted by Gasteiger charge is 2.17. The molecule has 3 rings (SSSR count). The van der Waals surface area contributed by atoms with Gasteiger partial charge in [0, 0.05) is 5.75 Å². The molecular weight excluding hydrogens is 372 g/mol. The molecule has 25 heavy (non-hydrogen) atoms. The minimum Gasteiger partial charge on any atom is -0.280 e. The highest BCUT2D eigenvalue weighted by atomic mass is 32.2. The summed E-state index contributed by atoms with van der Waals surface area (Å²) in [7, 11) is -3.60. The molecule has 0 spiro atoms. The summed E-state index contributed by atoms with van der Waals surface area (Å²) < 4.78 is 29.9. The fourth-order valence-corrected chi connectivity index (χ4v) is 5.72. The molecule has 0 aliphatic heterocycles. The second kappa shape index (κ2) is 7.35. The molecule has 0 radical (unpaired) electrons. The van der Waals surface area contributed by atoms with Crippen LogP contribution < -0.4 is 4.72 Å². The third-order valence-corrected chi connectivity index (χ3v) is 7.67. The van der Waals surface area contributed by atoms with Crippen molar-refractivity contribution in [2.24, 2.45) is 5.92 Å². The summed E-state index contributed by atoms with van der Waals surface area (Å²) in [5, 5.41) is 0. The Balaban J connectivity index is 1.85. The van der Waals surface area contributed by atoms with Crippen LogP contribution in [0.4, 0.5) is 5.69 Å². The molecule has 0 saturated carbocycles. The topological polar surface area (TPSA) is 59.1 Å². The van der Waals surface area contributed by atoms with Crippen LogP contribution in [0.1, 0.15) is 19.4 Å². The van der Waals surface area contributed by atoms with E-state index in [0.29, 0.717) is 16.5 Å². The van der Waals surface area contributed by atoms with E-state index in [4.69, 9.17) is 0 Å². The van der Waals surface area contributed by atoms with E-state index in [2.05, 4.69) is 23.6 Å². The molecule has 3 aromatic rings. The van der Waals surface area contributed by atoms with Crippen molar-refractivity contribution in [2.75, 3.05) is 10.5 Å². The zero-order chi connectivity index (χ0) is 18.0. The van der Waals surface area contributed by atoms with Gasteiger partial charge in [0.1, 0.15) is 0 Å². The number of nitrogens with zero attached hydrogens (tertiary/aromatic N) is 1. The molecule has 4 nitrogen and oxygen atoms in total. The molecule has 0 amide bonds. The van der Waals surface area contributed by atoms with Crippen molar-refractivity contribution in [3.63, 3.8) is 0 Å². The van der Waals surface area contributed by atoms with Gasteiger partial charge in [-0.25, -0.2) is 13.4 Å². The highest BCUT2D eigenvalue weighted by molar-refractivity contribution is 8.01. The number of thiazole rings is 1. The van der Waals surface area contributed by atoms with E-state index < -0.39 is 10.0 Å². The Morgan fingerprint density at radius 1 is 1.20 bits per heavy atom. The average Bonchev–Trinajstić information content (AvgIpc) is 2.95. The van der Waals surface area contributed by atoms with E-state index >= 15 is 0 Å². The Morgan fingerprint density at radius 3 is 2.68 bits per heavy atom. The number of benzene rings is 2. The number of thioether (sulfide) groups is 1. The molecule has 7 heteroatoms. The predicted molar refractivity (Wildman–Crippen MR) is 107 cm³/mol. The van der Waals surface area contributed by atoms with Crippen molar-refractivity contribution in [1.82, 2.24) is 4.98 Å². The first-order valence-corrected chi connectivity index (χ1v) is 11.3. The van der Waals surface area contributed by atoms with Gasteiger partial charge >= 0.3 is 0 Å². The molecule has 2 aromatic carbocycles. The monoisotopic (exact) mass is 392 g/mol. The molecule has 0 aliphatic carbocycles. The molecule has 0 unspecified atom stereocenters. The lowest BCUT2D eigenvalue weighted by Gasteiger charge is -2.10. The Kier molecular flexibility index (Phi) is 5.36. The summed E-state index contributed by atoms with van der Waals surface area (Å²) in [6.45, 7) is 6.15. The SMILES string of the molecule is Cc1ccccc1S(=O)(=O)Nc1ccc2nc(SCC(C)C)sc2c1. The zero-order valence-corrected chi connectivity index (χ0v) is 16.8. The van der Waals surface area contributed by atoms with Crippen molar-refractivity contribution >= 4 is 49.0 Å². The Labute approximate surface area is 156 Å². The molecule has 1 heterocycles. The quantitative estimate of drug-likeness (QED) is 0.589. The molecule has 0 atom stereocenters. The van der Waals surface area contributed by atoms with E-state index in [1.165, 1.54) is 0 Å². The van der Waals surface area contributed by atoms with Crippen LogP contribution >= 0.6 is 23.1 Å². The van der Waals surface area contributed by atoms with Crippen molar-refractivity contribution in [3.8, 4) is 0 Å². The maximum Gasteiger partial charge on any atom is 0.262 e. The van der Waals surface area contributed by atoms with Gasteiger partial charge < -0.3 is 0 Å². The third-order valence-electron chi connectivity index (χ3n) is 3.54. The molecule has 0 saturated heterocycles. The predicted octanol–water partition coefficient (Wildman–Crippen LogP) is 5.15. The Hall–Kier alpha value is -1.57. The van der Waals surface area contributed by atoms with E-state index in [0.717, 1.165) is 25.9 Å². The van der Waals surface area contributed by atoms with Gasteiger partial charge in [-0.1, -0.05) is 43.8 Å². The number of nitrogens with one attached hydrogen (secondary N) is 1. The molecule has 132 valence electrons. The van der Waals surface area contributed by atoms with Gasteiger partial charge in [0.2, 0.25) is 0 Å². The van der Waals surface area contributed by atoms with E-state index in [9.17, 15) is 8.42 Å². The standard InChI is InChI=1S/C18H20N2O2S3/c1-12(2)11-23-18-19-15-9-8-14(10-16(15)24-18)20-25(21,22)17-7-5-4-6-13(17)3/h4-10,12,20H,11H2,1-3H3. The zero-order valence-electron chi connectivity index (χ0n) is 14.3. The van der Waals surface area contributed by atoms with Gasteiger partial charge in [0.15, 0.2) is 4.34 Å². The minimum absolute atomic E-state index is 0.299. The molecule has 1 N–H and O–H groups in total. The number of rotatable bonds is 6. The number of fused-ring (bicyclic) bond motifs is 1. The smallest absolute Gasteiger partial charge is 0.262 e. The maximum absolute atomic E-state index is 12.6. The van der Waals surface area contributed by atoms with Crippen molar-refractivity contribution in [2.45, 2.75) is 30.0 Å². The first-order chi connectivity index (χ1) is 11.8. The molecular formula is C18H20N2O2S3. The third kappa shape index (κ3) is 4.34. The van der Waals surface area contributed by atoms with E-state index in [1.54, 1.807) is 54.3 Å². The number of aryl methyl sites for hydroxylation is 1. The number of anilines is 1. The lowest BCUT2D eigenvalue weighted by molar-refractivity contribution is 0.600. The summed E-state index contributed by atoms with van der Waals surface area (Å²) in [6, 6.07) is 12.4. The van der Waals surface area contributed by atoms with E-state index in [-0.39, 0.29) is 0 Å². The summed E-state index contributed by atoms with van der Waals surface area (Å²) in [4.78, 5) is 4.90. The number of hydrogen-bond donors (Lipinski definition) is 1. The van der Waals surface area contributed by atoms with Gasteiger partial charge in [0.25, 0.3) is 10.0 Å². The van der Waals surface area contributed by atoms with Gasteiger partial charge in [-0.15, -0.1) is 11.3 Å². The first kappa shape index (κ1) is 18.2. The van der Waals surface area contributed by atoms with Crippen LogP contribution in [0.5, 0.6) is 0 Å². The maximum atomic E-state index is 12.6. The van der Waals surface area contributed by atoms with Crippen LogP contribution in [-0.4, -0.2) is 19.2 Å². The van der Waals surface area contributed by atoms with Crippen molar-refractivity contribution in [3.05, 3.63) is 48.0 Å². The first-order valence-electron chi connectivity index (χ1n) is 7.97. The number of sulfonamides is 1. The van der Waals surface area contributed by atoms with Gasteiger partial charge in [0.05, 0.1) is 20.8 Å². The van der Waals surface area contributed by atoms with Crippen LogP contribution in [0.25, 0.3) is 10.2 Å². The van der Waals surface area contributed by atoms with E-state index in [1.807, 2.05) is 18.2 Å². The summed E-state index contributed by atoms with van der Waals surface area (Å²) in [5.74, 6) is 1.63. The summed E-state index contributed by atoms with van der Waals surface area (Å²) in [6.07, 6.45) is 0. The normalized spacial score (nSPS) is 12.0. The molecule has 1 aromatic heterocycles. The van der Waals surface area contributed by atoms with Crippen molar-refractivity contribution in [1.29, 1.82) is 0 Å². The minimum atomic E-state index is -3.60. The lowest BCUT2D eigenvalue weighted by Crippen LogP contribution is -2.14. The van der Waals surface area contributed by atoms with Gasteiger partial charge in [-0.05, 0) is 42.7 Å². The highest BCUT2D eigenvalue weighted by Crippen LogP contribution is 2.32.